The summed E-state index contributed by atoms with van der Waals surface area (Å²) in [6.45, 7) is 3.03. The lowest BCUT2D eigenvalue weighted by atomic mass is 10.2. The van der Waals surface area contributed by atoms with Crippen molar-refractivity contribution >= 4 is 17.0 Å². The molecule has 0 bridgehead atoms. The summed E-state index contributed by atoms with van der Waals surface area (Å²) in [6.07, 6.45) is 5.54. The molecule has 1 N–H and O–H groups in total. The molecule has 0 spiro atoms. The van der Waals surface area contributed by atoms with Crippen LogP contribution in [-0.4, -0.2) is 26.5 Å². The molecule has 3 rings (SSSR count). The molecule has 21 heavy (non-hydrogen) atoms. The second kappa shape index (κ2) is 6.26. The van der Waals surface area contributed by atoms with Gasteiger partial charge >= 0.3 is 0 Å². The molecule has 0 fully saturated rings. The molecule has 0 saturated carbocycles. The number of aromatic nitrogens is 4. The Morgan fingerprint density at radius 2 is 1.81 bits per heavy atom. The van der Waals surface area contributed by atoms with Crippen molar-refractivity contribution in [3.05, 3.63) is 42.7 Å². The van der Waals surface area contributed by atoms with E-state index in [2.05, 4.69) is 32.2 Å². The fraction of sp³-hybridized carbons (Fsp3) is 0.250. The third-order valence-electron chi connectivity index (χ3n) is 3.19. The summed E-state index contributed by atoms with van der Waals surface area (Å²) in [5.41, 5.74) is 2.31. The molecule has 1 aromatic carbocycles. The summed E-state index contributed by atoms with van der Waals surface area (Å²) in [7, 11) is 0. The summed E-state index contributed by atoms with van der Waals surface area (Å²) in [4.78, 5) is 17.8. The molecular weight excluding hydrogens is 262 g/mol. The highest BCUT2D eigenvalue weighted by molar-refractivity contribution is 5.84. The zero-order valence-electron chi connectivity index (χ0n) is 12.0. The zero-order valence-corrected chi connectivity index (χ0v) is 12.0. The van der Waals surface area contributed by atoms with Gasteiger partial charge in [0.25, 0.3) is 0 Å². The molecule has 5 nitrogen and oxygen atoms in total. The van der Waals surface area contributed by atoms with Gasteiger partial charge in [-0.15, -0.1) is 0 Å². The minimum Gasteiger partial charge on any atom is -0.368 e. The summed E-state index contributed by atoms with van der Waals surface area (Å²) < 4.78 is 0. The Labute approximate surface area is 123 Å². The molecule has 0 radical (unpaired) electrons. The first-order valence-electron chi connectivity index (χ1n) is 7.16. The van der Waals surface area contributed by atoms with Crippen molar-refractivity contribution in [2.75, 3.05) is 11.9 Å². The number of hydrogen-bond donors (Lipinski definition) is 1. The van der Waals surface area contributed by atoms with Gasteiger partial charge in [0.15, 0.2) is 17.3 Å². The largest absolute Gasteiger partial charge is 0.368 e. The van der Waals surface area contributed by atoms with Crippen molar-refractivity contribution in [3.8, 4) is 11.4 Å². The summed E-state index contributed by atoms with van der Waals surface area (Å²) in [5, 5.41) is 3.35. The van der Waals surface area contributed by atoms with Crippen LogP contribution in [0.4, 0.5) is 5.82 Å². The Bertz CT molecular complexity index is 727. The summed E-state index contributed by atoms with van der Waals surface area (Å²) >= 11 is 0. The van der Waals surface area contributed by atoms with Crippen molar-refractivity contribution in [2.45, 2.75) is 19.8 Å². The van der Waals surface area contributed by atoms with Gasteiger partial charge in [0.05, 0.1) is 0 Å². The maximum absolute atomic E-state index is 4.62. The lowest BCUT2D eigenvalue weighted by molar-refractivity contribution is 0.831. The quantitative estimate of drug-likeness (QED) is 0.726. The number of anilines is 1. The van der Waals surface area contributed by atoms with Gasteiger partial charge in [0.1, 0.15) is 5.52 Å². The van der Waals surface area contributed by atoms with Gasteiger partial charge in [-0.2, -0.15) is 0 Å². The van der Waals surface area contributed by atoms with Gasteiger partial charge in [-0.1, -0.05) is 43.7 Å². The predicted octanol–water partition coefficient (Wildman–Crippen LogP) is 3.30. The van der Waals surface area contributed by atoms with Crippen LogP contribution in [-0.2, 0) is 0 Å². The van der Waals surface area contributed by atoms with Crippen LogP contribution in [0.2, 0.25) is 0 Å². The molecule has 5 heteroatoms. The van der Waals surface area contributed by atoms with E-state index in [0.717, 1.165) is 30.8 Å². The van der Waals surface area contributed by atoms with E-state index in [9.17, 15) is 0 Å². The van der Waals surface area contributed by atoms with Crippen molar-refractivity contribution in [1.29, 1.82) is 0 Å². The minimum atomic E-state index is 0.616. The van der Waals surface area contributed by atoms with E-state index in [0.29, 0.717) is 17.0 Å². The van der Waals surface area contributed by atoms with E-state index in [4.69, 9.17) is 0 Å². The molecule has 106 valence electrons. The Hall–Kier alpha value is -2.56. The normalized spacial score (nSPS) is 10.7. The molecule has 0 aliphatic rings. The fourth-order valence-corrected chi connectivity index (χ4v) is 2.09. The number of nitrogens with zero attached hydrogens (tertiary/aromatic N) is 4. The standard InChI is InChI=1S/C16H17N5/c1-2-3-9-18-15-13-16(19-11-10-17-13)21-14(20-15)12-7-5-4-6-8-12/h4-8,10-11H,2-3,9H2,1H3,(H,18,19,20,21). The first-order valence-corrected chi connectivity index (χ1v) is 7.16. The minimum absolute atomic E-state index is 0.616. The fourth-order valence-electron chi connectivity index (χ4n) is 2.09. The number of unbranched alkanes of at least 4 members (excludes halogenated alkanes) is 1. The van der Waals surface area contributed by atoms with Gasteiger partial charge in [0.2, 0.25) is 0 Å². The van der Waals surface area contributed by atoms with Crippen LogP contribution in [0.3, 0.4) is 0 Å². The number of fused-ring (bicyclic) bond motifs is 1. The first kappa shape index (κ1) is 13.4. The number of nitrogens with one attached hydrogen (secondary N) is 1. The van der Waals surface area contributed by atoms with Gasteiger partial charge in [-0.3, -0.25) is 0 Å². The average Bonchev–Trinajstić information content (AvgIpc) is 2.55. The van der Waals surface area contributed by atoms with Gasteiger partial charge in [0, 0.05) is 24.5 Å². The lowest BCUT2D eigenvalue weighted by Gasteiger charge is -2.09. The van der Waals surface area contributed by atoms with Crippen LogP contribution in [0.25, 0.3) is 22.6 Å². The molecule has 0 unspecified atom stereocenters. The Balaban J connectivity index is 2.06. The first-order chi connectivity index (χ1) is 10.4. The third-order valence-corrected chi connectivity index (χ3v) is 3.19. The number of benzene rings is 1. The average molecular weight is 279 g/mol. The van der Waals surface area contributed by atoms with Crippen LogP contribution in [0.15, 0.2) is 42.7 Å². The number of hydrogen-bond acceptors (Lipinski definition) is 5. The zero-order chi connectivity index (χ0) is 14.5. The van der Waals surface area contributed by atoms with E-state index in [-0.39, 0.29) is 0 Å². The van der Waals surface area contributed by atoms with E-state index >= 15 is 0 Å². The van der Waals surface area contributed by atoms with E-state index in [1.54, 1.807) is 12.4 Å². The molecule has 0 amide bonds. The predicted molar refractivity (Wildman–Crippen MR) is 84.0 cm³/mol. The maximum atomic E-state index is 4.62. The van der Waals surface area contributed by atoms with E-state index < -0.39 is 0 Å². The Morgan fingerprint density at radius 3 is 2.62 bits per heavy atom. The molecule has 3 aromatic rings. The SMILES string of the molecule is CCCCNc1nc(-c2ccccc2)nc2nccnc12. The van der Waals surface area contributed by atoms with Crippen LogP contribution < -0.4 is 5.32 Å². The summed E-state index contributed by atoms with van der Waals surface area (Å²) in [5.74, 6) is 1.42. The topological polar surface area (TPSA) is 63.6 Å². The second-order valence-electron chi connectivity index (χ2n) is 4.77. The maximum Gasteiger partial charge on any atom is 0.184 e. The highest BCUT2D eigenvalue weighted by Gasteiger charge is 2.10. The smallest absolute Gasteiger partial charge is 0.184 e. The van der Waals surface area contributed by atoms with Crippen LogP contribution in [0.5, 0.6) is 0 Å². The molecule has 2 heterocycles. The van der Waals surface area contributed by atoms with Crippen molar-refractivity contribution in [2.24, 2.45) is 0 Å². The lowest BCUT2D eigenvalue weighted by Crippen LogP contribution is -2.06. The summed E-state index contributed by atoms with van der Waals surface area (Å²) in [6, 6.07) is 9.92. The Kier molecular flexibility index (Phi) is 4.00. The molecule has 0 aliphatic heterocycles. The van der Waals surface area contributed by atoms with Gasteiger partial charge < -0.3 is 5.32 Å². The molecule has 0 aliphatic carbocycles. The van der Waals surface area contributed by atoms with Gasteiger partial charge in [-0.25, -0.2) is 19.9 Å². The third kappa shape index (κ3) is 2.97. The van der Waals surface area contributed by atoms with Crippen LogP contribution in [0, 0.1) is 0 Å². The van der Waals surface area contributed by atoms with E-state index in [1.165, 1.54) is 0 Å². The second-order valence-corrected chi connectivity index (χ2v) is 4.77. The number of rotatable bonds is 5. The highest BCUT2D eigenvalue weighted by atomic mass is 15.1. The van der Waals surface area contributed by atoms with Gasteiger partial charge in [-0.05, 0) is 6.42 Å². The monoisotopic (exact) mass is 279 g/mol. The van der Waals surface area contributed by atoms with Crippen molar-refractivity contribution in [3.63, 3.8) is 0 Å². The van der Waals surface area contributed by atoms with Crippen LogP contribution >= 0.6 is 0 Å². The molecule has 0 atom stereocenters. The molecule has 0 saturated heterocycles. The Morgan fingerprint density at radius 1 is 1.00 bits per heavy atom. The highest BCUT2D eigenvalue weighted by Crippen LogP contribution is 2.21. The molecule has 2 aromatic heterocycles. The van der Waals surface area contributed by atoms with Crippen molar-refractivity contribution in [1.82, 2.24) is 19.9 Å². The molecular formula is C16H17N5. The van der Waals surface area contributed by atoms with E-state index in [1.807, 2.05) is 30.3 Å². The van der Waals surface area contributed by atoms with Crippen molar-refractivity contribution < 1.29 is 0 Å². The van der Waals surface area contributed by atoms with Crippen LogP contribution in [0.1, 0.15) is 19.8 Å².